The van der Waals surface area contributed by atoms with E-state index < -0.39 is 6.36 Å². The van der Waals surface area contributed by atoms with Gasteiger partial charge in [0.15, 0.2) is 0 Å². The average Bonchev–Trinajstić information content (AvgIpc) is 3.33. The highest BCUT2D eigenvalue weighted by Crippen LogP contribution is 2.30. The van der Waals surface area contributed by atoms with E-state index in [2.05, 4.69) is 50.3 Å². The number of halogens is 3. The summed E-state index contributed by atoms with van der Waals surface area (Å²) in [5.74, 6) is 0.888. The Balaban J connectivity index is 0.000000528. The van der Waals surface area contributed by atoms with Gasteiger partial charge in [0, 0.05) is 30.7 Å². The van der Waals surface area contributed by atoms with Crippen molar-refractivity contribution in [3.05, 3.63) is 41.7 Å². The highest BCUT2D eigenvalue weighted by molar-refractivity contribution is 5.38. The molecule has 39 heavy (non-hydrogen) atoms. The molecule has 0 bridgehead atoms. The minimum Gasteiger partial charge on any atom is -0.406 e. The molecule has 1 saturated heterocycles. The first-order valence-electron chi connectivity index (χ1n) is 14.8. The molecule has 3 rings (SSSR count). The molecule has 2 heterocycles. The van der Waals surface area contributed by atoms with E-state index in [1.165, 1.54) is 31.4 Å². The fourth-order valence-electron chi connectivity index (χ4n) is 4.50. The number of alkyl halides is 3. The number of aryl methyl sites for hydroxylation is 1. The molecule has 3 unspecified atom stereocenters. The zero-order valence-electron chi connectivity index (χ0n) is 25.5. The topological polar surface area (TPSA) is 39.5 Å². The van der Waals surface area contributed by atoms with E-state index in [1.54, 1.807) is 16.8 Å². The SMILES string of the molecule is CC.CCC(C)N1CCOCC1.CCCC(CCC(C)CC)c1cc(C)n(-c2ccc(OC(F)(F)F)cc2)n1. The summed E-state index contributed by atoms with van der Waals surface area (Å²) in [5, 5.41) is 4.76. The fraction of sp³-hybridized carbons (Fsp3) is 0.710. The summed E-state index contributed by atoms with van der Waals surface area (Å²) >= 11 is 0. The van der Waals surface area contributed by atoms with Crippen LogP contribution in [-0.4, -0.2) is 53.4 Å². The van der Waals surface area contributed by atoms with Crippen LogP contribution in [0.3, 0.4) is 0 Å². The van der Waals surface area contributed by atoms with E-state index >= 15 is 0 Å². The van der Waals surface area contributed by atoms with Gasteiger partial charge in [0.2, 0.25) is 0 Å². The Labute approximate surface area is 235 Å². The Morgan fingerprint density at radius 1 is 0.949 bits per heavy atom. The minimum atomic E-state index is -4.68. The second kappa shape index (κ2) is 18.3. The van der Waals surface area contributed by atoms with Crippen LogP contribution in [0.4, 0.5) is 13.2 Å². The van der Waals surface area contributed by atoms with Crippen LogP contribution in [0.5, 0.6) is 5.75 Å². The molecule has 0 radical (unpaired) electrons. The largest absolute Gasteiger partial charge is 0.573 e. The van der Waals surface area contributed by atoms with Crippen molar-refractivity contribution in [3.63, 3.8) is 0 Å². The van der Waals surface area contributed by atoms with Crippen LogP contribution in [0.1, 0.15) is 104 Å². The summed E-state index contributed by atoms with van der Waals surface area (Å²) in [4.78, 5) is 2.49. The Bertz CT molecular complexity index is 893. The van der Waals surface area contributed by atoms with E-state index in [1.807, 2.05) is 20.8 Å². The third kappa shape index (κ3) is 12.8. The number of hydrogen-bond donors (Lipinski definition) is 0. The van der Waals surface area contributed by atoms with Crippen molar-refractivity contribution in [1.29, 1.82) is 0 Å². The zero-order valence-corrected chi connectivity index (χ0v) is 25.5. The molecule has 0 spiro atoms. The van der Waals surface area contributed by atoms with Crippen LogP contribution in [0.15, 0.2) is 30.3 Å². The molecule has 1 aromatic carbocycles. The van der Waals surface area contributed by atoms with Crippen LogP contribution in [0.2, 0.25) is 0 Å². The lowest BCUT2D eigenvalue weighted by molar-refractivity contribution is -0.274. The minimum absolute atomic E-state index is 0.228. The first-order valence-corrected chi connectivity index (χ1v) is 14.8. The highest BCUT2D eigenvalue weighted by atomic mass is 19.4. The maximum absolute atomic E-state index is 12.3. The average molecular weight is 556 g/mol. The second-order valence-corrected chi connectivity index (χ2v) is 10.1. The molecule has 1 aromatic heterocycles. The number of benzene rings is 1. The summed E-state index contributed by atoms with van der Waals surface area (Å²) in [7, 11) is 0. The predicted molar refractivity (Wildman–Crippen MR) is 155 cm³/mol. The van der Waals surface area contributed by atoms with Crippen molar-refractivity contribution < 1.29 is 22.6 Å². The molecule has 1 aliphatic rings. The van der Waals surface area contributed by atoms with Crippen molar-refractivity contribution in [2.75, 3.05) is 26.3 Å². The number of aromatic nitrogens is 2. The lowest BCUT2D eigenvalue weighted by atomic mass is 9.90. The summed E-state index contributed by atoms with van der Waals surface area (Å²) < 4.78 is 47.9. The van der Waals surface area contributed by atoms with Crippen LogP contribution in [-0.2, 0) is 4.74 Å². The van der Waals surface area contributed by atoms with Gasteiger partial charge in [-0.3, -0.25) is 4.90 Å². The van der Waals surface area contributed by atoms with Crippen LogP contribution in [0, 0.1) is 12.8 Å². The molecule has 2 aromatic rings. The van der Waals surface area contributed by atoms with Crippen molar-refractivity contribution in [1.82, 2.24) is 14.7 Å². The molecular formula is C31H52F3N3O2. The summed E-state index contributed by atoms with van der Waals surface area (Å²) in [5.41, 5.74) is 2.76. The van der Waals surface area contributed by atoms with Gasteiger partial charge in [-0.05, 0) is 69.4 Å². The van der Waals surface area contributed by atoms with Crippen molar-refractivity contribution in [2.45, 2.75) is 112 Å². The molecule has 0 aliphatic carbocycles. The maximum atomic E-state index is 12.3. The van der Waals surface area contributed by atoms with E-state index in [4.69, 9.17) is 9.84 Å². The van der Waals surface area contributed by atoms with Gasteiger partial charge in [0.05, 0.1) is 24.6 Å². The van der Waals surface area contributed by atoms with Gasteiger partial charge < -0.3 is 9.47 Å². The number of morpholine rings is 1. The summed E-state index contributed by atoms with van der Waals surface area (Å²) in [6, 6.07) is 8.66. The van der Waals surface area contributed by atoms with Crippen molar-refractivity contribution in [2.24, 2.45) is 5.92 Å². The van der Waals surface area contributed by atoms with Gasteiger partial charge >= 0.3 is 6.36 Å². The molecule has 0 N–H and O–H groups in total. The molecule has 5 nitrogen and oxygen atoms in total. The van der Waals surface area contributed by atoms with E-state index in [0.29, 0.717) is 11.8 Å². The van der Waals surface area contributed by atoms with Crippen LogP contribution in [0.25, 0.3) is 5.69 Å². The zero-order chi connectivity index (χ0) is 29.4. The number of ether oxygens (including phenoxy) is 2. The Hall–Kier alpha value is -2.06. The lowest BCUT2D eigenvalue weighted by Gasteiger charge is -2.31. The molecule has 224 valence electrons. The smallest absolute Gasteiger partial charge is 0.406 e. The fourth-order valence-corrected chi connectivity index (χ4v) is 4.50. The highest BCUT2D eigenvalue weighted by Gasteiger charge is 2.31. The monoisotopic (exact) mass is 555 g/mol. The first kappa shape index (κ1) is 35.0. The van der Waals surface area contributed by atoms with Gasteiger partial charge in [-0.2, -0.15) is 5.10 Å². The lowest BCUT2D eigenvalue weighted by Crippen LogP contribution is -2.41. The molecule has 8 heteroatoms. The standard InChI is InChI=1S/C21H29F3N2O.C8H17NO.C2H6/c1-5-7-17(9-8-15(3)6-2)20-14-16(4)26(25-20)18-10-12-19(13-11-18)27-21(22,23)24;1-3-8(2)9-4-6-10-7-5-9;1-2/h10-15,17H,5-9H2,1-4H3;8H,3-7H2,1-2H3;1-2H3. The molecule has 0 amide bonds. The van der Waals surface area contributed by atoms with Gasteiger partial charge in [-0.15, -0.1) is 13.2 Å². The first-order chi connectivity index (χ1) is 18.6. The van der Waals surface area contributed by atoms with Crippen molar-refractivity contribution >= 4 is 0 Å². The summed E-state index contributed by atoms with van der Waals surface area (Å²) in [6.07, 6.45) is 2.22. The molecule has 1 aliphatic heterocycles. The van der Waals surface area contributed by atoms with E-state index in [-0.39, 0.29) is 5.75 Å². The van der Waals surface area contributed by atoms with E-state index in [9.17, 15) is 13.2 Å². The van der Waals surface area contributed by atoms with Gasteiger partial charge in [-0.25, -0.2) is 4.68 Å². The third-order valence-corrected chi connectivity index (χ3v) is 7.24. The molecule has 1 fully saturated rings. The van der Waals surface area contributed by atoms with Crippen LogP contribution >= 0.6 is 0 Å². The Morgan fingerprint density at radius 2 is 1.56 bits per heavy atom. The van der Waals surface area contributed by atoms with Crippen molar-refractivity contribution in [3.8, 4) is 11.4 Å². The normalized spacial score (nSPS) is 16.3. The molecule has 0 saturated carbocycles. The number of nitrogens with zero attached hydrogens (tertiary/aromatic N) is 3. The van der Waals surface area contributed by atoms with Gasteiger partial charge in [-0.1, -0.05) is 60.8 Å². The Kier molecular flexibility index (Phi) is 16.4. The third-order valence-electron chi connectivity index (χ3n) is 7.24. The summed E-state index contributed by atoms with van der Waals surface area (Å²) in [6.45, 7) is 21.2. The predicted octanol–water partition coefficient (Wildman–Crippen LogP) is 8.93. The maximum Gasteiger partial charge on any atom is 0.573 e. The molecular weight excluding hydrogens is 503 g/mol. The number of hydrogen-bond acceptors (Lipinski definition) is 4. The Morgan fingerprint density at radius 3 is 2.08 bits per heavy atom. The quantitative estimate of drug-likeness (QED) is 0.277. The number of rotatable bonds is 11. The van der Waals surface area contributed by atoms with Gasteiger partial charge in [0.25, 0.3) is 0 Å². The van der Waals surface area contributed by atoms with Crippen LogP contribution < -0.4 is 4.74 Å². The second-order valence-electron chi connectivity index (χ2n) is 10.1. The van der Waals surface area contributed by atoms with Gasteiger partial charge in [0.1, 0.15) is 5.75 Å². The van der Waals surface area contributed by atoms with E-state index in [0.717, 1.165) is 68.7 Å². The molecule has 3 atom stereocenters.